The van der Waals surface area contributed by atoms with E-state index in [1.165, 1.54) is 13.0 Å². The van der Waals surface area contributed by atoms with E-state index in [0.717, 1.165) is 14.5 Å². The molecule has 1 rings (SSSR count). The Morgan fingerprint density at radius 1 is 1.38 bits per heavy atom. The molecule has 4 heteroatoms. The van der Waals surface area contributed by atoms with E-state index < -0.39 is 0 Å². The zero-order valence-electron chi connectivity index (χ0n) is 6.92. The van der Waals surface area contributed by atoms with Gasteiger partial charge in [-0.1, -0.05) is 0 Å². The molecule has 0 aliphatic heterocycles. The normalized spacial score (nSPS) is 10.7. The van der Waals surface area contributed by atoms with Crippen LogP contribution < -0.4 is 0 Å². The molecule has 1 heterocycles. The zero-order valence-corrected chi connectivity index (χ0v) is 10.1. The first-order chi connectivity index (χ1) is 6.11. The minimum absolute atomic E-state index is 0.0237. The third-order valence-electron chi connectivity index (χ3n) is 1.38. The smallest absolute Gasteiger partial charge is 0.152 e. The second kappa shape index (κ2) is 4.67. The number of carbonyl (C=O) groups is 1. The number of ketones is 1. The molecule has 0 spiro atoms. The molecular formula is C9H7Br2NO. The number of hydrogen-bond donors (Lipinski definition) is 0. The predicted molar refractivity (Wildman–Crippen MR) is 59.4 cm³/mol. The summed E-state index contributed by atoms with van der Waals surface area (Å²) in [7, 11) is 0. The van der Waals surface area contributed by atoms with Crippen LogP contribution in [0.4, 0.5) is 0 Å². The lowest BCUT2D eigenvalue weighted by Gasteiger charge is -1.99. The maximum absolute atomic E-state index is 10.7. The Balaban J connectivity index is 3.06. The fraction of sp³-hybridized carbons (Fsp3) is 0.111. The van der Waals surface area contributed by atoms with Crippen molar-refractivity contribution in [1.29, 1.82) is 0 Å². The van der Waals surface area contributed by atoms with Crippen LogP contribution >= 0.6 is 31.9 Å². The lowest BCUT2D eigenvalue weighted by Crippen LogP contribution is -1.84. The summed E-state index contributed by atoms with van der Waals surface area (Å²) in [4.78, 5) is 14.7. The van der Waals surface area contributed by atoms with Crippen molar-refractivity contribution < 1.29 is 4.79 Å². The highest BCUT2D eigenvalue weighted by Crippen LogP contribution is 2.24. The summed E-state index contributed by atoms with van der Waals surface area (Å²) in [5.74, 6) is 0.0237. The standard InChI is InChI=1S/C9H7Br2NO/c1-6(13)2-3-7-8(10)4-12-5-9(7)11/h2-5H,1H3/b3-2+. The Labute approximate surface area is 93.3 Å². The van der Waals surface area contributed by atoms with Gasteiger partial charge in [-0.25, -0.2) is 0 Å². The Bertz CT molecular complexity index is 340. The SMILES string of the molecule is CC(=O)/C=C/c1c(Br)cncc1Br. The van der Waals surface area contributed by atoms with Crippen LogP contribution in [0, 0.1) is 0 Å². The highest BCUT2D eigenvalue weighted by atomic mass is 79.9. The van der Waals surface area contributed by atoms with Crippen LogP contribution in [0.25, 0.3) is 6.08 Å². The van der Waals surface area contributed by atoms with E-state index in [-0.39, 0.29) is 5.78 Å². The van der Waals surface area contributed by atoms with Gasteiger partial charge in [0.2, 0.25) is 0 Å². The summed E-state index contributed by atoms with van der Waals surface area (Å²) in [6, 6.07) is 0. The molecule has 0 aliphatic rings. The third-order valence-corrected chi connectivity index (χ3v) is 2.64. The molecular weight excluding hydrogens is 298 g/mol. The van der Waals surface area contributed by atoms with Crippen molar-refractivity contribution in [2.24, 2.45) is 0 Å². The molecule has 1 aromatic heterocycles. The van der Waals surface area contributed by atoms with Gasteiger partial charge in [-0.2, -0.15) is 0 Å². The quantitative estimate of drug-likeness (QED) is 0.785. The fourth-order valence-corrected chi connectivity index (χ4v) is 1.98. The first-order valence-electron chi connectivity index (χ1n) is 3.59. The summed E-state index contributed by atoms with van der Waals surface area (Å²) in [5, 5.41) is 0. The molecule has 2 nitrogen and oxygen atoms in total. The molecule has 0 aromatic carbocycles. The second-order valence-electron chi connectivity index (χ2n) is 2.46. The zero-order chi connectivity index (χ0) is 9.84. The minimum Gasteiger partial charge on any atom is -0.295 e. The summed E-state index contributed by atoms with van der Waals surface area (Å²) in [5.41, 5.74) is 0.921. The molecule has 0 saturated carbocycles. The van der Waals surface area contributed by atoms with E-state index in [1.807, 2.05) is 0 Å². The Hall–Kier alpha value is -0.480. The van der Waals surface area contributed by atoms with Crippen LogP contribution in [-0.4, -0.2) is 10.8 Å². The average molecular weight is 305 g/mol. The van der Waals surface area contributed by atoms with Gasteiger partial charge in [0.05, 0.1) is 0 Å². The van der Waals surface area contributed by atoms with Crippen molar-refractivity contribution >= 4 is 43.7 Å². The number of carbonyl (C=O) groups excluding carboxylic acids is 1. The van der Waals surface area contributed by atoms with Crippen molar-refractivity contribution in [1.82, 2.24) is 4.98 Å². The monoisotopic (exact) mass is 303 g/mol. The number of hydrogen-bond acceptors (Lipinski definition) is 2. The van der Waals surface area contributed by atoms with E-state index >= 15 is 0 Å². The number of nitrogens with zero attached hydrogens (tertiary/aromatic N) is 1. The van der Waals surface area contributed by atoms with E-state index in [4.69, 9.17) is 0 Å². The number of aromatic nitrogens is 1. The highest BCUT2D eigenvalue weighted by Gasteiger charge is 2.00. The van der Waals surface area contributed by atoms with Gasteiger partial charge >= 0.3 is 0 Å². The molecule has 0 N–H and O–H groups in total. The highest BCUT2D eigenvalue weighted by molar-refractivity contribution is 9.11. The molecule has 68 valence electrons. The average Bonchev–Trinajstić information content (AvgIpc) is 2.03. The maximum atomic E-state index is 10.7. The molecule has 0 atom stereocenters. The van der Waals surface area contributed by atoms with Gasteiger partial charge in [-0.3, -0.25) is 9.78 Å². The molecule has 13 heavy (non-hydrogen) atoms. The minimum atomic E-state index is 0.0237. The number of halogens is 2. The summed E-state index contributed by atoms with van der Waals surface area (Å²) in [6.07, 6.45) is 6.64. The fourth-order valence-electron chi connectivity index (χ4n) is 0.781. The van der Waals surface area contributed by atoms with E-state index in [1.54, 1.807) is 18.5 Å². The third kappa shape index (κ3) is 3.04. The van der Waals surface area contributed by atoms with Crippen LogP contribution in [0.1, 0.15) is 12.5 Å². The predicted octanol–water partition coefficient (Wildman–Crippen LogP) is 3.21. The maximum Gasteiger partial charge on any atom is 0.152 e. The first kappa shape index (κ1) is 10.6. The molecule has 0 radical (unpaired) electrons. The lowest BCUT2D eigenvalue weighted by atomic mass is 10.2. The van der Waals surface area contributed by atoms with Crippen molar-refractivity contribution in [3.8, 4) is 0 Å². The Morgan fingerprint density at radius 2 is 1.92 bits per heavy atom. The molecule has 0 fully saturated rings. The van der Waals surface area contributed by atoms with Gasteiger partial charge < -0.3 is 0 Å². The molecule has 0 saturated heterocycles. The van der Waals surface area contributed by atoms with Gasteiger partial charge in [-0.15, -0.1) is 0 Å². The topological polar surface area (TPSA) is 30.0 Å². The van der Waals surface area contributed by atoms with Crippen LogP contribution in [0.2, 0.25) is 0 Å². The van der Waals surface area contributed by atoms with Gasteiger partial charge in [0.1, 0.15) is 0 Å². The Kier molecular flexibility index (Phi) is 3.81. The summed E-state index contributed by atoms with van der Waals surface area (Å²) in [6.45, 7) is 1.51. The van der Waals surface area contributed by atoms with E-state index in [2.05, 4.69) is 36.8 Å². The van der Waals surface area contributed by atoms with Crippen LogP contribution in [0.15, 0.2) is 27.4 Å². The number of pyridine rings is 1. The molecule has 0 bridgehead atoms. The van der Waals surface area contributed by atoms with Gasteiger partial charge in [-0.05, 0) is 50.9 Å². The second-order valence-corrected chi connectivity index (χ2v) is 4.17. The summed E-state index contributed by atoms with van der Waals surface area (Å²) >= 11 is 6.68. The van der Waals surface area contributed by atoms with Crippen LogP contribution in [-0.2, 0) is 4.79 Å². The Morgan fingerprint density at radius 3 is 2.38 bits per heavy atom. The van der Waals surface area contributed by atoms with E-state index in [0.29, 0.717) is 0 Å². The lowest BCUT2D eigenvalue weighted by molar-refractivity contribution is -0.112. The van der Waals surface area contributed by atoms with Crippen molar-refractivity contribution in [2.75, 3.05) is 0 Å². The first-order valence-corrected chi connectivity index (χ1v) is 5.17. The van der Waals surface area contributed by atoms with Gasteiger partial charge in [0.25, 0.3) is 0 Å². The summed E-state index contributed by atoms with van der Waals surface area (Å²) < 4.78 is 1.72. The molecule has 0 amide bonds. The van der Waals surface area contributed by atoms with Gasteiger partial charge in [0.15, 0.2) is 5.78 Å². The molecule has 1 aromatic rings. The van der Waals surface area contributed by atoms with Crippen molar-refractivity contribution in [3.63, 3.8) is 0 Å². The largest absolute Gasteiger partial charge is 0.295 e. The number of rotatable bonds is 2. The molecule has 0 unspecified atom stereocenters. The number of allylic oxidation sites excluding steroid dienone is 1. The van der Waals surface area contributed by atoms with E-state index in [9.17, 15) is 4.79 Å². The van der Waals surface area contributed by atoms with Gasteiger partial charge in [0, 0.05) is 26.9 Å². The van der Waals surface area contributed by atoms with Crippen LogP contribution in [0.5, 0.6) is 0 Å². The van der Waals surface area contributed by atoms with Crippen LogP contribution in [0.3, 0.4) is 0 Å². The van der Waals surface area contributed by atoms with Crippen molar-refractivity contribution in [3.05, 3.63) is 33.0 Å². The molecule has 0 aliphatic carbocycles. The van der Waals surface area contributed by atoms with Crippen molar-refractivity contribution in [2.45, 2.75) is 6.92 Å².